The molecule has 31 heavy (non-hydrogen) atoms. The maximum absolute atomic E-state index is 12.6. The second-order valence-corrected chi connectivity index (χ2v) is 8.63. The predicted octanol–water partition coefficient (Wildman–Crippen LogP) is 6.01. The number of aromatic nitrogens is 1. The second kappa shape index (κ2) is 9.55. The molecular weight excluding hydrogens is 428 g/mol. The monoisotopic (exact) mass is 448 g/mol. The zero-order valence-corrected chi connectivity index (χ0v) is 18.3. The van der Waals surface area contributed by atoms with Gasteiger partial charge in [-0.25, -0.2) is 9.78 Å². The number of anilines is 3. The summed E-state index contributed by atoms with van der Waals surface area (Å²) in [6, 6.07) is 18.2. The van der Waals surface area contributed by atoms with Crippen LogP contribution in [-0.4, -0.2) is 16.9 Å². The van der Waals surface area contributed by atoms with Crippen LogP contribution in [0.3, 0.4) is 0 Å². The van der Waals surface area contributed by atoms with E-state index in [0.717, 1.165) is 21.1 Å². The van der Waals surface area contributed by atoms with Crippen molar-refractivity contribution >= 4 is 51.7 Å². The van der Waals surface area contributed by atoms with Crippen LogP contribution in [0.25, 0.3) is 9.88 Å². The van der Waals surface area contributed by atoms with Gasteiger partial charge in [-0.15, -0.1) is 22.7 Å². The molecule has 0 spiro atoms. The maximum Gasteiger partial charge on any atom is 0.323 e. The van der Waals surface area contributed by atoms with Gasteiger partial charge in [-0.2, -0.15) is 0 Å². The van der Waals surface area contributed by atoms with Crippen molar-refractivity contribution in [1.29, 1.82) is 0 Å². The largest absolute Gasteiger partial charge is 0.325 e. The molecule has 0 saturated carbocycles. The summed E-state index contributed by atoms with van der Waals surface area (Å²) in [6.07, 6.45) is 0.188. The number of para-hydroxylation sites is 1. The Bertz CT molecular complexity index is 1190. The molecular formula is C23H20N4O2S2. The molecule has 8 heteroatoms. The van der Waals surface area contributed by atoms with Gasteiger partial charge in [0, 0.05) is 22.4 Å². The fourth-order valence-electron chi connectivity index (χ4n) is 2.91. The molecule has 0 atom stereocenters. The zero-order valence-electron chi connectivity index (χ0n) is 16.7. The fraction of sp³-hybridized carbons (Fsp3) is 0.0870. The minimum absolute atomic E-state index is 0.156. The molecule has 3 amide bonds. The van der Waals surface area contributed by atoms with Gasteiger partial charge < -0.3 is 16.0 Å². The summed E-state index contributed by atoms with van der Waals surface area (Å²) in [5.74, 6) is -0.156. The number of thiophene rings is 1. The molecule has 2 aromatic heterocycles. The van der Waals surface area contributed by atoms with E-state index in [2.05, 4.69) is 20.9 Å². The maximum atomic E-state index is 12.6. The standard InChI is InChI=1S/C23H20N4O2S2/c1-15-9-10-17(26-23(29)25-16-6-3-2-4-7-16)12-19(15)27-21(28)13-18-14-31-22(24-18)20-8-5-11-30-20/h2-12,14H,13H2,1H3,(H,27,28)(H2,25,26,29). The van der Waals surface area contributed by atoms with Crippen molar-refractivity contribution in [3.63, 3.8) is 0 Å². The number of aryl methyl sites for hydroxylation is 1. The number of hydrogen-bond donors (Lipinski definition) is 3. The van der Waals surface area contributed by atoms with Gasteiger partial charge in [0.05, 0.1) is 17.0 Å². The number of nitrogens with one attached hydrogen (secondary N) is 3. The smallest absolute Gasteiger partial charge is 0.323 e. The molecule has 2 heterocycles. The van der Waals surface area contributed by atoms with E-state index in [4.69, 9.17) is 0 Å². The number of benzene rings is 2. The normalized spacial score (nSPS) is 10.5. The Kier molecular flexibility index (Phi) is 6.40. The van der Waals surface area contributed by atoms with E-state index in [0.29, 0.717) is 17.1 Å². The van der Waals surface area contributed by atoms with E-state index in [1.807, 2.05) is 66.2 Å². The van der Waals surface area contributed by atoms with Crippen LogP contribution in [0, 0.1) is 6.92 Å². The highest BCUT2D eigenvalue weighted by atomic mass is 32.1. The lowest BCUT2D eigenvalue weighted by Crippen LogP contribution is -2.20. The highest BCUT2D eigenvalue weighted by molar-refractivity contribution is 7.20. The summed E-state index contributed by atoms with van der Waals surface area (Å²) in [4.78, 5) is 30.4. The second-order valence-electron chi connectivity index (χ2n) is 6.82. The Labute approximate surface area is 188 Å². The number of urea groups is 1. The van der Waals surface area contributed by atoms with Crippen LogP contribution in [0.5, 0.6) is 0 Å². The topological polar surface area (TPSA) is 83.1 Å². The minimum Gasteiger partial charge on any atom is -0.325 e. The molecule has 4 rings (SSSR count). The molecule has 4 aromatic rings. The third-order valence-corrected chi connectivity index (χ3v) is 6.36. The first-order valence-electron chi connectivity index (χ1n) is 9.58. The lowest BCUT2D eigenvalue weighted by Gasteiger charge is -2.12. The Balaban J connectivity index is 1.38. The number of amides is 3. The lowest BCUT2D eigenvalue weighted by molar-refractivity contribution is -0.115. The van der Waals surface area contributed by atoms with E-state index in [1.54, 1.807) is 23.5 Å². The van der Waals surface area contributed by atoms with Crippen molar-refractivity contribution in [2.75, 3.05) is 16.0 Å². The fourth-order valence-corrected chi connectivity index (χ4v) is 4.54. The number of thiazole rings is 1. The van der Waals surface area contributed by atoms with Gasteiger partial charge >= 0.3 is 6.03 Å². The van der Waals surface area contributed by atoms with Gasteiger partial charge in [-0.3, -0.25) is 4.79 Å². The first kappa shape index (κ1) is 20.8. The molecule has 0 unspecified atom stereocenters. The quantitative estimate of drug-likeness (QED) is 0.338. The molecule has 0 aliphatic heterocycles. The third-order valence-electron chi connectivity index (χ3n) is 4.43. The van der Waals surface area contributed by atoms with Gasteiger partial charge in [-0.05, 0) is 48.2 Å². The number of nitrogens with zero attached hydrogens (tertiary/aromatic N) is 1. The van der Waals surface area contributed by atoms with E-state index in [9.17, 15) is 9.59 Å². The molecule has 0 fully saturated rings. The van der Waals surface area contributed by atoms with Crippen LogP contribution in [0.2, 0.25) is 0 Å². The molecule has 0 bridgehead atoms. The van der Waals surface area contributed by atoms with Gasteiger partial charge in [0.25, 0.3) is 0 Å². The van der Waals surface area contributed by atoms with Crippen molar-refractivity contribution < 1.29 is 9.59 Å². The predicted molar refractivity (Wildman–Crippen MR) is 128 cm³/mol. The van der Waals surface area contributed by atoms with E-state index in [1.165, 1.54) is 11.3 Å². The average Bonchev–Trinajstić information content (AvgIpc) is 3.43. The van der Waals surface area contributed by atoms with Crippen molar-refractivity contribution in [3.8, 4) is 9.88 Å². The van der Waals surface area contributed by atoms with Crippen LogP contribution in [0.4, 0.5) is 21.9 Å². The molecule has 0 radical (unpaired) electrons. The van der Waals surface area contributed by atoms with Crippen LogP contribution < -0.4 is 16.0 Å². The zero-order chi connectivity index (χ0) is 21.6. The molecule has 0 aliphatic carbocycles. The summed E-state index contributed by atoms with van der Waals surface area (Å²) in [5.41, 5.74) is 3.57. The lowest BCUT2D eigenvalue weighted by atomic mass is 10.1. The van der Waals surface area contributed by atoms with E-state index >= 15 is 0 Å². The summed E-state index contributed by atoms with van der Waals surface area (Å²) >= 11 is 3.16. The van der Waals surface area contributed by atoms with Crippen LogP contribution in [0.15, 0.2) is 71.4 Å². The van der Waals surface area contributed by atoms with Crippen molar-refractivity contribution in [2.24, 2.45) is 0 Å². The van der Waals surface area contributed by atoms with Gasteiger partial charge in [-0.1, -0.05) is 30.3 Å². The Hall–Kier alpha value is -3.49. The summed E-state index contributed by atoms with van der Waals surface area (Å²) in [7, 11) is 0. The number of hydrogen-bond acceptors (Lipinski definition) is 5. The van der Waals surface area contributed by atoms with Gasteiger partial charge in [0.15, 0.2) is 0 Å². The highest BCUT2D eigenvalue weighted by Gasteiger charge is 2.12. The van der Waals surface area contributed by atoms with Crippen molar-refractivity contribution in [2.45, 2.75) is 13.3 Å². The number of carbonyl (C=O) groups excluding carboxylic acids is 2. The Morgan fingerprint density at radius 3 is 2.48 bits per heavy atom. The van der Waals surface area contributed by atoms with E-state index < -0.39 is 0 Å². The first-order chi connectivity index (χ1) is 15.1. The molecule has 6 nitrogen and oxygen atoms in total. The SMILES string of the molecule is Cc1ccc(NC(=O)Nc2ccccc2)cc1NC(=O)Cc1csc(-c2cccs2)n1. The summed E-state index contributed by atoms with van der Waals surface area (Å²) in [5, 5.41) is 13.3. The van der Waals surface area contributed by atoms with Crippen molar-refractivity contribution in [1.82, 2.24) is 4.98 Å². The molecule has 0 aliphatic rings. The van der Waals surface area contributed by atoms with Crippen LogP contribution in [0.1, 0.15) is 11.3 Å². The van der Waals surface area contributed by atoms with Gasteiger partial charge in [0.2, 0.25) is 5.91 Å². The molecule has 0 saturated heterocycles. The average molecular weight is 449 g/mol. The summed E-state index contributed by atoms with van der Waals surface area (Å²) in [6.45, 7) is 1.90. The summed E-state index contributed by atoms with van der Waals surface area (Å²) < 4.78 is 0. The molecule has 3 N–H and O–H groups in total. The molecule has 2 aromatic carbocycles. The van der Waals surface area contributed by atoms with Crippen LogP contribution >= 0.6 is 22.7 Å². The van der Waals surface area contributed by atoms with E-state index in [-0.39, 0.29) is 18.4 Å². The Morgan fingerprint density at radius 2 is 1.71 bits per heavy atom. The first-order valence-corrected chi connectivity index (χ1v) is 11.3. The third kappa shape index (κ3) is 5.56. The molecule has 156 valence electrons. The number of rotatable bonds is 6. The van der Waals surface area contributed by atoms with Gasteiger partial charge in [0.1, 0.15) is 5.01 Å². The van der Waals surface area contributed by atoms with Crippen molar-refractivity contribution in [3.05, 3.63) is 82.7 Å². The minimum atomic E-state index is -0.351. The highest BCUT2D eigenvalue weighted by Crippen LogP contribution is 2.28. The number of carbonyl (C=O) groups is 2. The Morgan fingerprint density at radius 1 is 0.903 bits per heavy atom. The van der Waals surface area contributed by atoms with Crippen LogP contribution in [-0.2, 0) is 11.2 Å².